The van der Waals surface area contributed by atoms with E-state index in [9.17, 15) is 0 Å². The first kappa shape index (κ1) is 11.3. The molecule has 1 nitrogen and oxygen atoms in total. The average molecular weight is 246 g/mol. The number of hydrogen-bond acceptors (Lipinski definition) is 1. The molecule has 0 spiro atoms. The summed E-state index contributed by atoms with van der Waals surface area (Å²) in [5.74, 6) is 2.09. The van der Waals surface area contributed by atoms with Gasteiger partial charge in [-0.2, -0.15) is 0 Å². The SMILES string of the molecule is C[Si](C)(Oc1ccccc1)C12CCC(CC1)C2. The zero-order chi connectivity index (χ0) is 11.9. The Kier molecular flexibility index (Phi) is 2.58. The van der Waals surface area contributed by atoms with E-state index >= 15 is 0 Å². The highest BCUT2D eigenvalue weighted by Gasteiger charge is 2.57. The van der Waals surface area contributed by atoms with Crippen LogP contribution in [0.25, 0.3) is 0 Å². The van der Waals surface area contributed by atoms with Gasteiger partial charge in [0, 0.05) is 5.04 Å². The van der Waals surface area contributed by atoms with Crippen LogP contribution in [0, 0.1) is 5.92 Å². The van der Waals surface area contributed by atoms with E-state index in [2.05, 4.69) is 43.4 Å². The van der Waals surface area contributed by atoms with Crippen molar-refractivity contribution in [1.29, 1.82) is 0 Å². The molecule has 0 atom stereocenters. The number of hydrogen-bond donors (Lipinski definition) is 0. The minimum atomic E-state index is -1.62. The van der Waals surface area contributed by atoms with E-state index in [0.29, 0.717) is 5.04 Å². The van der Waals surface area contributed by atoms with Gasteiger partial charge < -0.3 is 4.43 Å². The predicted molar refractivity (Wildman–Crippen MR) is 73.8 cm³/mol. The van der Waals surface area contributed by atoms with E-state index in [1.165, 1.54) is 32.1 Å². The van der Waals surface area contributed by atoms with Crippen LogP contribution in [0.1, 0.15) is 32.1 Å². The molecule has 0 aliphatic heterocycles. The van der Waals surface area contributed by atoms with Crippen molar-refractivity contribution in [3.05, 3.63) is 30.3 Å². The van der Waals surface area contributed by atoms with Gasteiger partial charge in [0.1, 0.15) is 5.75 Å². The highest BCUT2D eigenvalue weighted by Crippen LogP contribution is 2.64. The first-order chi connectivity index (χ1) is 8.11. The second-order valence-electron chi connectivity index (χ2n) is 6.35. The molecule has 2 fully saturated rings. The summed E-state index contributed by atoms with van der Waals surface area (Å²) in [6.45, 7) is 4.85. The quantitative estimate of drug-likeness (QED) is 0.708. The fourth-order valence-corrected chi connectivity index (χ4v) is 7.15. The zero-order valence-corrected chi connectivity index (χ0v) is 11.9. The molecule has 0 N–H and O–H groups in total. The molecule has 0 aromatic heterocycles. The molecule has 92 valence electrons. The number of rotatable bonds is 3. The fraction of sp³-hybridized carbons (Fsp3) is 0.600. The summed E-state index contributed by atoms with van der Waals surface area (Å²) in [5.41, 5.74) is 0. The van der Waals surface area contributed by atoms with Crippen molar-refractivity contribution in [2.75, 3.05) is 0 Å². The minimum absolute atomic E-state index is 0.577. The van der Waals surface area contributed by atoms with E-state index in [0.717, 1.165) is 11.7 Å². The molecule has 1 aromatic rings. The van der Waals surface area contributed by atoms with Gasteiger partial charge in [0.2, 0.25) is 0 Å². The van der Waals surface area contributed by atoms with Crippen LogP contribution in [0.5, 0.6) is 5.75 Å². The predicted octanol–water partition coefficient (Wildman–Crippen LogP) is 4.60. The average Bonchev–Trinajstić information content (AvgIpc) is 2.91. The summed E-state index contributed by atoms with van der Waals surface area (Å²) in [5, 5.41) is 0.577. The Bertz CT molecular complexity index is 391. The summed E-state index contributed by atoms with van der Waals surface area (Å²) in [4.78, 5) is 0. The Labute approximate surface area is 105 Å². The van der Waals surface area contributed by atoms with Crippen LogP contribution in [0.4, 0.5) is 0 Å². The molecule has 3 rings (SSSR count). The van der Waals surface area contributed by atoms with Crippen LogP contribution in [-0.4, -0.2) is 8.32 Å². The van der Waals surface area contributed by atoms with Crippen LogP contribution < -0.4 is 4.43 Å². The highest BCUT2D eigenvalue weighted by atomic mass is 28.4. The topological polar surface area (TPSA) is 9.23 Å². The lowest BCUT2D eigenvalue weighted by Crippen LogP contribution is -2.46. The molecule has 0 radical (unpaired) electrons. The monoisotopic (exact) mass is 246 g/mol. The van der Waals surface area contributed by atoms with Gasteiger partial charge in [-0.15, -0.1) is 0 Å². The Morgan fingerprint density at radius 2 is 1.76 bits per heavy atom. The number of para-hydroxylation sites is 1. The van der Waals surface area contributed by atoms with Crippen molar-refractivity contribution in [3.63, 3.8) is 0 Å². The van der Waals surface area contributed by atoms with Gasteiger partial charge in [-0.1, -0.05) is 31.0 Å². The molecular formula is C15H22OSi. The lowest BCUT2D eigenvalue weighted by molar-refractivity contribution is 0.424. The maximum atomic E-state index is 6.45. The third kappa shape index (κ3) is 1.83. The van der Waals surface area contributed by atoms with Crippen molar-refractivity contribution in [2.24, 2.45) is 5.92 Å². The molecule has 2 aliphatic carbocycles. The van der Waals surface area contributed by atoms with Gasteiger partial charge in [-0.25, -0.2) is 0 Å². The lowest BCUT2D eigenvalue weighted by atomic mass is 10.0. The molecule has 2 saturated carbocycles. The van der Waals surface area contributed by atoms with Gasteiger partial charge in [0.05, 0.1) is 0 Å². The van der Waals surface area contributed by atoms with Gasteiger partial charge in [-0.3, -0.25) is 0 Å². The van der Waals surface area contributed by atoms with Crippen LogP contribution in [-0.2, 0) is 0 Å². The highest BCUT2D eigenvalue weighted by molar-refractivity contribution is 6.75. The van der Waals surface area contributed by atoms with Gasteiger partial charge in [0.25, 0.3) is 8.32 Å². The Hall–Kier alpha value is -0.763. The molecule has 0 amide bonds. The largest absolute Gasteiger partial charge is 0.543 e. The maximum absolute atomic E-state index is 6.45. The maximum Gasteiger partial charge on any atom is 0.251 e. The van der Waals surface area contributed by atoms with Crippen LogP contribution >= 0.6 is 0 Å². The van der Waals surface area contributed by atoms with Crippen molar-refractivity contribution in [3.8, 4) is 5.75 Å². The summed E-state index contributed by atoms with van der Waals surface area (Å²) in [6, 6.07) is 10.4. The van der Waals surface area contributed by atoms with E-state index in [1.807, 2.05) is 0 Å². The first-order valence-electron chi connectivity index (χ1n) is 6.85. The Morgan fingerprint density at radius 3 is 2.29 bits per heavy atom. The zero-order valence-electron chi connectivity index (χ0n) is 10.9. The Balaban J connectivity index is 1.81. The smallest absolute Gasteiger partial charge is 0.251 e. The van der Waals surface area contributed by atoms with E-state index in [4.69, 9.17) is 4.43 Å². The summed E-state index contributed by atoms with van der Waals surface area (Å²) >= 11 is 0. The molecule has 0 saturated heterocycles. The van der Waals surface area contributed by atoms with Crippen molar-refractivity contribution < 1.29 is 4.43 Å². The second kappa shape index (κ2) is 3.87. The lowest BCUT2D eigenvalue weighted by Gasteiger charge is -2.40. The molecule has 0 unspecified atom stereocenters. The molecule has 17 heavy (non-hydrogen) atoms. The summed E-state index contributed by atoms with van der Waals surface area (Å²) in [7, 11) is -1.62. The molecule has 2 bridgehead atoms. The van der Waals surface area contributed by atoms with Crippen LogP contribution in [0.15, 0.2) is 30.3 Å². The van der Waals surface area contributed by atoms with Crippen LogP contribution in [0.3, 0.4) is 0 Å². The third-order valence-electron chi connectivity index (χ3n) is 5.14. The molecule has 2 heteroatoms. The summed E-state index contributed by atoms with van der Waals surface area (Å²) in [6.07, 6.45) is 7.19. The number of benzene rings is 1. The van der Waals surface area contributed by atoms with Crippen molar-refractivity contribution >= 4 is 8.32 Å². The standard InChI is InChI=1S/C15H22OSi/c1-17(2,16-14-6-4-3-5-7-14)15-10-8-13(12-15)9-11-15/h3-7,13H,8-12H2,1-2H3. The van der Waals surface area contributed by atoms with E-state index in [-0.39, 0.29) is 0 Å². The molecule has 0 heterocycles. The molecular weight excluding hydrogens is 224 g/mol. The van der Waals surface area contributed by atoms with Crippen molar-refractivity contribution in [1.82, 2.24) is 0 Å². The van der Waals surface area contributed by atoms with E-state index in [1.54, 1.807) is 0 Å². The normalized spacial score (nSPS) is 31.8. The van der Waals surface area contributed by atoms with Gasteiger partial charge in [0.15, 0.2) is 0 Å². The summed E-state index contributed by atoms with van der Waals surface area (Å²) < 4.78 is 6.45. The van der Waals surface area contributed by atoms with E-state index < -0.39 is 8.32 Å². The fourth-order valence-electron chi connectivity index (χ4n) is 3.93. The third-order valence-corrected chi connectivity index (χ3v) is 9.14. The molecule has 2 aliphatic rings. The minimum Gasteiger partial charge on any atom is -0.543 e. The van der Waals surface area contributed by atoms with Gasteiger partial charge >= 0.3 is 0 Å². The first-order valence-corrected chi connectivity index (χ1v) is 9.76. The van der Waals surface area contributed by atoms with Crippen LogP contribution in [0.2, 0.25) is 18.1 Å². The van der Waals surface area contributed by atoms with Gasteiger partial charge in [-0.05, 0) is 50.4 Å². The number of fused-ring (bicyclic) bond motifs is 2. The Morgan fingerprint density at radius 1 is 1.12 bits per heavy atom. The van der Waals surface area contributed by atoms with Crippen molar-refractivity contribution in [2.45, 2.75) is 50.2 Å². The molecule has 1 aromatic carbocycles. The second-order valence-corrected chi connectivity index (χ2v) is 10.6.